The normalized spacial score (nSPS) is 15.6. The standard InChI is InChI=1S/C21H18N4OS/c26-20(11-15-12-23-18-4-2-1-3-17(15)18)24-16-7-5-14(6-8-16)19-13-27-21-22-9-10-25(19)21/h1-8,12-13,23H,9-11H2,(H,24,26). The van der Waals surface area contributed by atoms with Gasteiger partial charge in [0.15, 0.2) is 5.17 Å². The first-order valence-electron chi connectivity index (χ1n) is 8.92. The van der Waals surface area contributed by atoms with E-state index in [1.165, 1.54) is 5.70 Å². The van der Waals surface area contributed by atoms with E-state index >= 15 is 0 Å². The van der Waals surface area contributed by atoms with Crippen molar-refractivity contribution in [2.24, 2.45) is 4.99 Å². The number of hydrogen-bond acceptors (Lipinski definition) is 4. The van der Waals surface area contributed by atoms with Crippen molar-refractivity contribution in [2.75, 3.05) is 18.4 Å². The predicted octanol–water partition coefficient (Wildman–Crippen LogP) is 4.07. The van der Waals surface area contributed by atoms with E-state index < -0.39 is 0 Å². The number of nitrogens with zero attached hydrogens (tertiary/aromatic N) is 2. The number of aromatic nitrogens is 1. The van der Waals surface area contributed by atoms with Crippen molar-refractivity contribution in [2.45, 2.75) is 6.42 Å². The van der Waals surface area contributed by atoms with Gasteiger partial charge < -0.3 is 15.2 Å². The number of amidine groups is 1. The second kappa shape index (κ2) is 6.63. The topological polar surface area (TPSA) is 60.5 Å². The Morgan fingerprint density at radius 3 is 2.93 bits per heavy atom. The molecule has 0 bridgehead atoms. The van der Waals surface area contributed by atoms with Gasteiger partial charge in [-0.2, -0.15) is 0 Å². The van der Waals surface area contributed by atoms with Crippen molar-refractivity contribution < 1.29 is 4.79 Å². The van der Waals surface area contributed by atoms with Crippen molar-refractivity contribution in [1.82, 2.24) is 9.88 Å². The molecule has 0 saturated carbocycles. The third-order valence-electron chi connectivity index (χ3n) is 4.86. The Kier molecular flexibility index (Phi) is 3.98. The van der Waals surface area contributed by atoms with Gasteiger partial charge in [0.25, 0.3) is 0 Å². The summed E-state index contributed by atoms with van der Waals surface area (Å²) in [6.07, 6.45) is 2.26. The number of nitrogens with one attached hydrogen (secondary N) is 2. The van der Waals surface area contributed by atoms with Crippen LogP contribution in [0.4, 0.5) is 5.69 Å². The summed E-state index contributed by atoms with van der Waals surface area (Å²) in [5.41, 5.74) is 5.20. The molecule has 0 unspecified atom stereocenters. The van der Waals surface area contributed by atoms with Crippen LogP contribution in [0.25, 0.3) is 16.6 Å². The minimum Gasteiger partial charge on any atom is -0.361 e. The number of anilines is 1. The van der Waals surface area contributed by atoms with Gasteiger partial charge in [0.1, 0.15) is 0 Å². The summed E-state index contributed by atoms with van der Waals surface area (Å²) in [7, 11) is 0. The molecular formula is C21H18N4OS. The molecule has 3 heterocycles. The van der Waals surface area contributed by atoms with Crippen LogP contribution >= 0.6 is 11.8 Å². The molecule has 134 valence electrons. The lowest BCUT2D eigenvalue weighted by Crippen LogP contribution is -2.19. The van der Waals surface area contributed by atoms with Crippen LogP contribution in [-0.4, -0.2) is 34.0 Å². The second-order valence-electron chi connectivity index (χ2n) is 6.60. The monoisotopic (exact) mass is 374 g/mol. The molecule has 2 N–H and O–H groups in total. The largest absolute Gasteiger partial charge is 0.361 e. The molecule has 27 heavy (non-hydrogen) atoms. The van der Waals surface area contributed by atoms with Crippen LogP contribution < -0.4 is 5.32 Å². The highest BCUT2D eigenvalue weighted by molar-refractivity contribution is 8.16. The van der Waals surface area contributed by atoms with Gasteiger partial charge in [0.05, 0.1) is 18.7 Å². The average Bonchev–Trinajstić information content (AvgIpc) is 3.39. The number of para-hydroxylation sites is 1. The van der Waals surface area contributed by atoms with Crippen molar-refractivity contribution >= 4 is 45.1 Å². The molecule has 2 aliphatic heterocycles. The summed E-state index contributed by atoms with van der Waals surface area (Å²) in [6.45, 7) is 1.80. The number of carbonyl (C=O) groups excluding carboxylic acids is 1. The number of amides is 1. The highest BCUT2D eigenvalue weighted by atomic mass is 32.2. The molecule has 6 heteroatoms. The zero-order chi connectivity index (χ0) is 18.2. The molecule has 3 aromatic rings. The molecule has 0 saturated heterocycles. The fraction of sp³-hybridized carbons (Fsp3) is 0.143. The average molecular weight is 374 g/mol. The van der Waals surface area contributed by atoms with E-state index in [0.29, 0.717) is 6.42 Å². The zero-order valence-electron chi connectivity index (χ0n) is 14.6. The zero-order valence-corrected chi connectivity index (χ0v) is 15.4. The number of carbonyl (C=O) groups is 1. The molecular weight excluding hydrogens is 356 g/mol. The first-order chi connectivity index (χ1) is 13.3. The Morgan fingerprint density at radius 1 is 1.19 bits per heavy atom. The van der Waals surface area contributed by atoms with Gasteiger partial charge in [0.2, 0.25) is 5.91 Å². The van der Waals surface area contributed by atoms with Gasteiger partial charge in [-0.3, -0.25) is 9.79 Å². The first-order valence-corrected chi connectivity index (χ1v) is 9.80. The molecule has 1 amide bonds. The third-order valence-corrected chi connectivity index (χ3v) is 5.76. The number of H-pyrrole nitrogens is 1. The second-order valence-corrected chi connectivity index (χ2v) is 7.44. The SMILES string of the molecule is O=C(Cc1c[nH]c2ccccc12)Nc1ccc(C2=CSC3=NCCN23)cc1. The van der Waals surface area contributed by atoms with Gasteiger partial charge in [-0.05, 0) is 29.3 Å². The van der Waals surface area contributed by atoms with Gasteiger partial charge in [-0.15, -0.1) is 0 Å². The number of benzene rings is 2. The quantitative estimate of drug-likeness (QED) is 0.724. The molecule has 5 rings (SSSR count). The highest BCUT2D eigenvalue weighted by Crippen LogP contribution is 2.35. The van der Waals surface area contributed by atoms with E-state index in [0.717, 1.165) is 46.0 Å². The van der Waals surface area contributed by atoms with Gasteiger partial charge in [-0.1, -0.05) is 42.1 Å². The fourth-order valence-electron chi connectivity index (χ4n) is 3.53. The lowest BCUT2D eigenvalue weighted by atomic mass is 10.1. The fourth-order valence-corrected chi connectivity index (χ4v) is 4.49. The van der Waals surface area contributed by atoms with Crippen LogP contribution in [0.15, 0.2) is 65.1 Å². The molecule has 5 nitrogen and oxygen atoms in total. The first kappa shape index (κ1) is 16.2. The van der Waals surface area contributed by atoms with Crippen molar-refractivity contribution in [3.05, 3.63) is 71.3 Å². The Morgan fingerprint density at radius 2 is 2.04 bits per heavy atom. The molecule has 0 fully saturated rings. The third kappa shape index (κ3) is 3.02. The van der Waals surface area contributed by atoms with Crippen molar-refractivity contribution in [3.63, 3.8) is 0 Å². The maximum absolute atomic E-state index is 12.5. The highest BCUT2D eigenvalue weighted by Gasteiger charge is 2.26. The molecule has 0 radical (unpaired) electrons. The van der Waals surface area contributed by atoms with E-state index in [2.05, 4.69) is 37.7 Å². The summed E-state index contributed by atoms with van der Waals surface area (Å²) in [5, 5.41) is 7.31. The van der Waals surface area contributed by atoms with Crippen LogP contribution in [0.1, 0.15) is 11.1 Å². The Balaban J connectivity index is 1.27. The molecule has 2 aliphatic rings. The lowest BCUT2D eigenvalue weighted by Gasteiger charge is -2.16. The smallest absolute Gasteiger partial charge is 0.228 e. The van der Waals surface area contributed by atoms with Gasteiger partial charge in [0, 0.05) is 34.7 Å². The summed E-state index contributed by atoms with van der Waals surface area (Å²) in [5.74, 6) is -0.0166. The van der Waals surface area contributed by atoms with E-state index in [9.17, 15) is 4.79 Å². The molecule has 0 spiro atoms. The summed E-state index contributed by atoms with van der Waals surface area (Å²) in [4.78, 5) is 22.4. The minimum atomic E-state index is -0.0166. The van der Waals surface area contributed by atoms with Crippen LogP contribution in [0, 0.1) is 0 Å². The molecule has 0 aliphatic carbocycles. The van der Waals surface area contributed by atoms with Gasteiger partial charge in [-0.25, -0.2) is 0 Å². The maximum Gasteiger partial charge on any atom is 0.228 e. The van der Waals surface area contributed by atoms with Crippen LogP contribution in [0.3, 0.4) is 0 Å². The van der Waals surface area contributed by atoms with Gasteiger partial charge >= 0.3 is 0 Å². The van der Waals surface area contributed by atoms with Crippen LogP contribution in [0.5, 0.6) is 0 Å². The number of thioether (sulfide) groups is 1. The number of aliphatic imine (C=N–C) groups is 1. The number of fused-ring (bicyclic) bond motifs is 2. The van der Waals surface area contributed by atoms with Crippen molar-refractivity contribution in [3.8, 4) is 0 Å². The number of aromatic amines is 1. The minimum absolute atomic E-state index is 0.0166. The van der Waals surface area contributed by atoms with E-state index in [4.69, 9.17) is 0 Å². The summed E-state index contributed by atoms with van der Waals surface area (Å²) in [6, 6.07) is 16.0. The molecule has 1 aromatic heterocycles. The Hall–Kier alpha value is -2.99. The maximum atomic E-state index is 12.5. The summed E-state index contributed by atoms with van der Waals surface area (Å²) >= 11 is 1.67. The lowest BCUT2D eigenvalue weighted by molar-refractivity contribution is -0.115. The molecule has 2 aromatic carbocycles. The van der Waals surface area contributed by atoms with Crippen molar-refractivity contribution in [1.29, 1.82) is 0 Å². The van der Waals surface area contributed by atoms with E-state index in [1.54, 1.807) is 11.8 Å². The van der Waals surface area contributed by atoms with Crippen LogP contribution in [0.2, 0.25) is 0 Å². The number of rotatable bonds is 4. The molecule has 0 atom stereocenters. The van der Waals surface area contributed by atoms with E-state index in [-0.39, 0.29) is 5.91 Å². The Bertz CT molecular complexity index is 1080. The number of hydrogen-bond donors (Lipinski definition) is 2. The Labute approximate surface area is 161 Å². The summed E-state index contributed by atoms with van der Waals surface area (Å²) < 4.78 is 0. The van der Waals surface area contributed by atoms with Crippen LogP contribution in [-0.2, 0) is 11.2 Å². The predicted molar refractivity (Wildman–Crippen MR) is 112 cm³/mol. The van der Waals surface area contributed by atoms with E-state index in [1.807, 2.05) is 42.6 Å².